The Balaban J connectivity index is 1.21. The maximum atomic E-state index is 13.5. The lowest BCUT2D eigenvalue weighted by atomic mass is 9.77. The lowest BCUT2D eigenvalue weighted by molar-refractivity contribution is -0.110. The SMILES string of the molecule is Cc1cnc(NC(=O)C(=NOCc2ncn(C(c3ccccc3)(c3ccccc3)c3ccccc3)n2)c2ccc(S(=O)(=O)C3CC3)cc2)s1. The highest BCUT2D eigenvalue weighted by molar-refractivity contribution is 7.92. The molecular formula is C37H32N6O4S2. The minimum absolute atomic E-state index is 0.0464. The van der Waals surface area contributed by atoms with Gasteiger partial charge >= 0.3 is 0 Å². The Morgan fingerprint density at radius 2 is 1.45 bits per heavy atom. The van der Waals surface area contributed by atoms with Crippen molar-refractivity contribution < 1.29 is 18.0 Å². The summed E-state index contributed by atoms with van der Waals surface area (Å²) < 4.78 is 27.4. The fourth-order valence-corrected chi connectivity index (χ4v) is 8.10. The monoisotopic (exact) mass is 688 g/mol. The van der Waals surface area contributed by atoms with Crippen molar-refractivity contribution in [1.82, 2.24) is 19.7 Å². The molecule has 49 heavy (non-hydrogen) atoms. The first-order chi connectivity index (χ1) is 23.9. The van der Waals surface area contributed by atoms with Gasteiger partial charge < -0.3 is 4.84 Å². The number of hydrogen-bond acceptors (Lipinski definition) is 9. The largest absolute Gasteiger partial charge is 0.387 e. The van der Waals surface area contributed by atoms with Gasteiger partial charge in [-0.2, -0.15) is 5.10 Å². The molecule has 1 aliphatic carbocycles. The smallest absolute Gasteiger partial charge is 0.280 e. The molecule has 0 saturated heterocycles. The first-order valence-electron chi connectivity index (χ1n) is 15.7. The lowest BCUT2D eigenvalue weighted by Gasteiger charge is -2.35. The second-order valence-electron chi connectivity index (χ2n) is 11.6. The van der Waals surface area contributed by atoms with E-state index in [0.29, 0.717) is 29.4 Å². The van der Waals surface area contributed by atoms with E-state index in [1.165, 1.54) is 23.5 Å². The molecule has 1 saturated carbocycles. The second kappa shape index (κ2) is 13.6. The van der Waals surface area contributed by atoms with Gasteiger partial charge in [-0.05, 0) is 48.6 Å². The van der Waals surface area contributed by atoms with Crippen LogP contribution in [0.1, 0.15) is 45.8 Å². The molecule has 2 aromatic heterocycles. The number of thiazole rings is 1. The van der Waals surface area contributed by atoms with Gasteiger partial charge in [0.25, 0.3) is 5.91 Å². The van der Waals surface area contributed by atoms with Crippen LogP contribution in [0.4, 0.5) is 5.13 Å². The van der Waals surface area contributed by atoms with Crippen LogP contribution in [0.2, 0.25) is 0 Å². The van der Waals surface area contributed by atoms with Gasteiger partial charge in [0.05, 0.1) is 10.1 Å². The van der Waals surface area contributed by atoms with Crippen LogP contribution in [0.25, 0.3) is 0 Å². The average molecular weight is 689 g/mol. The van der Waals surface area contributed by atoms with E-state index >= 15 is 0 Å². The molecular weight excluding hydrogens is 657 g/mol. The van der Waals surface area contributed by atoms with E-state index in [2.05, 4.69) is 56.8 Å². The molecule has 0 radical (unpaired) electrons. The van der Waals surface area contributed by atoms with Crippen molar-refractivity contribution in [3.05, 3.63) is 161 Å². The summed E-state index contributed by atoms with van der Waals surface area (Å²) in [4.78, 5) is 29.2. The van der Waals surface area contributed by atoms with Crippen molar-refractivity contribution in [3.63, 3.8) is 0 Å². The zero-order valence-corrected chi connectivity index (χ0v) is 28.1. The van der Waals surface area contributed by atoms with Crippen LogP contribution in [0, 0.1) is 6.92 Å². The number of carbonyl (C=O) groups is 1. The van der Waals surface area contributed by atoms with Gasteiger partial charge in [-0.3, -0.25) is 10.1 Å². The van der Waals surface area contributed by atoms with E-state index in [0.717, 1.165) is 21.6 Å². The zero-order valence-electron chi connectivity index (χ0n) is 26.5. The van der Waals surface area contributed by atoms with Gasteiger partial charge in [0, 0.05) is 16.6 Å². The number of carbonyl (C=O) groups excluding carboxylic acids is 1. The van der Waals surface area contributed by atoms with Crippen molar-refractivity contribution in [3.8, 4) is 0 Å². The molecule has 1 N–H and O–H groups in total. The van der Waals surface area contributed by atoms with E-state index in [9.17, 15) is 13.2 Å². The van der Waals surface area contributed by atoms with Crippen molar-refractivity contribution in [2.75, 3.05) is 5.32 Å². The third kappa shape index (κ3) is 6.52. The van der Waals surface area contributed by atoms with Crippen molar-refractivity contribution in [2.45, 2.75) is 42.1 Å². The predicted molar refractivity (Wildman–Crippen MR) is 188 cm³/mol. The molecule has 7 rings (SSSR count). The molecule has 246 valence electrons. The summed E-state index contributed by atoms with van der Waals surface area (Å²) >= 11 is 1.32. The Bertz CT molecular complexity index is 2100. The number of anilines is 1. The quantitative estimate of drug-likeness (QED) is 0.0898. The summed E-state index contributed by atoms with van der Waals surface area (Å²) in [6.07, 6.45) is 4.65. The minimum Gasteiger partial charge on any atom is -0.387 e. The predicted octanol–water partition coefficient (Wildman–Crippen LogP) is 6.38. The second-order valence-corrected chi connectivity index (χ2v) is 15.1. The number of nitrogens with zero attached hydrogens (tertiary/aromatic N) is 5. The van der Waals surface area contributed by atoms with E-state index in [4.69, 9.17) is 9.94 Å². The topological polar surface area (TPSA) is 128 Å². The molecule has 0 bridgehead atoms. The maximum Gasteiger partial charge on any atom is 0.280 e. The first kappa shape index (κ1) is 32.1. The van der Waals surface area contributed by atoms with E-state index in [-0.39, 0.29) is 22.5 Å². The summed E-state index contributed by atoms with van der Waals surface area (Å²) in [5.74, 6) is -0.209. The molecule has 1 fully saturated rings. The highest BCUT2D eigenvalue weighted by Crippen LogP contribution is 2.40. The van der Waals surface area contributed by atoms with Crippen LogP contribution in [-0.2, 0) is 31.6 Å². The Morgan fingerprint density at radius 1 is 0.878 bits per heavy atom. The van der Waals surface area contributed by atoms with Gasteiger partial charge in [-0.25, -0.2) is 23.1 Å². The van der Waals surface area contributed by atoms with Crippen molar-refractivity contribution in [2.24, 2.45) is 5.16 Å². The molecule has 1 amide bonds. The molecule has 12 heteroatoms. The Hall–Kier alpha value is -5.46. The third-order valence-corrected chi connectivity index (χ3v) is 11.4. The Kier molecular flexibility index (Phi) is 8.89. The highest BCUT2D eigenvalue weighted by Gasteiger charge is 2.40. The normalized spacial score (nSPS) is 13.6. The molecule has 4 aromatic carbocycles. The number of amides is 1. The van der Waals surface area contributed by atoms with Crippen molar-refractivity contribution in [1.29, 1.82) is 0 Å². The average Bonchev–Trinajstić information content (AvgIpc) is 3.78. The summed E-state index contributed by atoms with van der Waals surface area (Å²) in [6, 6.07) is 36.5. The standard InChI is InChI=1S/C37H32N6O4S2/c1-26-23-38-36(48-26)40-35(44)34(27-17-19-31(20-18-27)49(45,46)32-21-22-32)42-47-24-33-39-25-43(41-33)37(28-11-5-2-6-12-28,29-13-7-3-8-14-29)30-15-9-4-10-16-30/h2-20,23,25,32H,21-22,24H2,1H3,(H,38,40,44). The van der Waals surface area contributed by atoms with Crippen LogP contribution in [0.15, 0.2) is 138 Å². The number of sulfone groups is 1. The molecule has 2 heterocycles. The van der Waals surface area contributed by atoms with Crippen LogP contribution in [0.5, 0.6) is 0 Å². The zero-order chi connectivity index (χ0) is 33.8. The van der Waals surface area contributed by atoms with Gasteiger partial charge in [-0.1, -0.05) is 108 Å². The molecule has 1 aliphatic rings. The Morgan fingerprint density at radius 3 is 1.96 bits per heavy atom. The summed E-state index contributed by atoms with van der Waals surface area (Å²) in [5.41, 5.74) is 2.46. The van der Waals surface area contributed by atoms with Gasteiger partial charge in [-0.15, -0.1) is 11.3 Å². The molecule has 0 aliphatic heterocycles. The summed E-state index contributed by atoms with van der Waals surface area (Å²) in [5, 5.41) is 11.9. The van der Waals surface area contributed by atoms with Crippen LogP contribution < -0.4 is 5.32 Å². The summed E-state index contributed by atoms with van der Waals surface area (Å²) in [7, 11) is -3.40. The fraction of sp³-hybridized carbons (Fsp3) is 0.162. The van der Waals surface area contributed by atoms with E-state index in [1.807, 2.05) is 66.2 Å². The molecule has 6 aromatic rings. The molecule has 10 nitrogen and oxygen atoms in total. The number of benzene rings is 4. The number of aryl methyl sites for hydroxylation is 1. The molecule has 0 atom stereocenters. The van der Waals surface area contributed by atoms with Crippen LogP contribution in [-0.4, -0.2) is 45.0 Å². The fourth-order valence-electron chi connectivity index (χ4n) is 5.78. The number of nitrogens with one attached hydrogen (secondary N) is 1. The summed E-state index contributed by atoms with van der Waals surface area (Å²) in [6.45, 7) is 1.75. The van der Waals surface area contributed by atoms with Gasteiger partial charge in [0.1, 0.15) is 11.9 Å². The van der Waals surface area contributed by atoms with Gasteiger partial charge in [0.15, 0.2) is 33.1 Å². The lowest BCUT2D eigenvalue weighted by Crippen LogP contribution is -2.38. The number of rotatable bonds is 12. The maximum absolute atomic E-state index is 13.5. The highest BCUT2D eigenvalue weighted by atomic mass is 32.2. The van der Waals surface area contributed by atoms with Gasteiger partial charge in [0.2, 0.25) is 0 Å². The van der Waals surface area contributed by atoms with Crippen LogP contribution in [0.3, 0.4) is 0 Å². The van der Waals surface area contributed by atoms with Crippen LogP contribution >= 0.6 is 11.3 Å². The first-order valence-corrected chi connectivity index (χ1v) is 18.1. The molecule has 0 spiro atoms. The number of hydrogen-bond donors (Lipinski definition) is 1. The van der Waals surface area contributed by atoms with E-state index < -0.39 is 21.3 Å². The van der Waals surface area contributed by atoms with Crippen molar-refractivity contribution >= 4 is 37.9 Å². The number of oxime groups is 1. The number of aromatic nitrogens is 4. The Labute approximate surface area is 288 Å². The molecule has 0 unspecified atom stereocenters. The minimum atomic E-state index is -3.40. The van der Waals surface area contributed by atoms with E-state index in [1.54, 1.807) is 24.7 Å². The third-order valence-electron chi connectivity index (χ3n) is 8.28.